The molecule has 0 fully saturated rings. The molecule has 0 aliphatic heterocycles. The first-order valence-electron chi connectivity index (χ1n) is 9.20. The number of amides is 1. The second kappa shape index (κ2) is 9.43. The Balaban J connectivity index is 1.94. The van der Waals surface area contributed by atoms with Crippen molar-refractivity contribution in [2.24, 2.45) is 0 Å². The predicted octanol–water partition coefficient (Wildman–Crippen LogP) is 4.22. The van der Waals surface area contributed by atoms with Crippen LogP contribution >= 0.6 is 11.6 Å². The SMILES string of the molecule is CC(C)c1ccc(CCCNC(=O)c2cc(N(C)S(C)(=O)=O)ccc2Cl)cc1. The summed E-state index contributed by atoms with van der Waals surface area (Å²) in [6.45, 7) is 4.84. The molecule has 1 amide bonds. The lowest BCUT2D eigenvalue weighted by Crippen LogP contribution is -2.27. The molecule has 28 heavy (non-hydrogen) atoms. The summed E-state index contributed by atoms with van der Waals surface area (Å²) >= 11 is 6.13. The van der Waals surface area contributed by atoms with Crippen molar-refractivity contribution in [3.63, 3.8) is 0 Å². The molecule has 0 saturated heterocycles. The zero-order valence-electron chi connectivity index (χ0n) is 16.7. The number of sulfonamides is 1. The van der Waals surface area contributed by atoms with E-state index in [9.17, 15) is 13.2 Å². The van der Waals surface area contributed by atoms with Crippen LogP contribution in [0.25, 0.3) is 0 Å². The Hall–Kier alpha value is -2.05. The van der Waals surface area contributed by atoms with Crippen LogP contribution in [0, 0.1) is 0 Å². The number of hydrogen-bond donors (Lipinski definition) is 1. The Morgan fingerprint density at radius 3 is 2.36 bits per heavy atom. The maximum absolute atomic E-state index is 12.5. The fraction of sp³-hybridized carbons (Fsp3) is 0.381. The minimum atomic E-state index is -3.41. The zero-order chi connectivity index (χ0) is 20.9. The Bertz CT molecular complexity index is 925. The first-order chi connectivity index (χ1) is 13.1. The van der Waals surface area contributed by atoms with Crippen LogP contribution in [0.5, 0.6) is 0 Å². The van der Waals surface area contributed by atoms with Crippen LogP contribution in [0.2, 0.25) is 5.02 Å². The summed E-state index contributed by atoms with van der Waals surface area (Å²) in [6, 6.07) is 13.1. The van der Waals surface area contributed by atoms with Gasteiger partial charge in [-0.25, -0.2) is 8.42 Å². The van der Waals surface area contributed by atoms with Crippen LogP contribution in [0.1, 0.15) is 47.7 Å². The molecule has 0 bridgehead atoms. The standard InChI is InChI=1S/C21H27ClN2O3S/c1-15(2)17-9-7-16(8-10-17)6-5-13-23-21(25)19-14-18(11-12-20(19)22)24(3)28(4,26)27/h7-12,14-15H,5-6,13H2,1-4H3,(H,23,25). The third-order valence-corrected chi connectivity index (χ3v) is 6.17. The molecule has 2 aromatic rings. The number of nitrogens with one attached hydrogen (secondary N) is 1. The van der Waals surface area contributed by atoms with Crippen LogP contribution in [-0.4, -0.2) is 34.2 Å². The van der Waals surface area contributed by atoms with Gasteiger partial charge in [0.25, 0.3) is 5.91 Å². The molecule has 2 rings (SSSR count). The van der Waals surface area contributed by atoms with Gasteiger partial charge in [-0.05, 0) is 48.1 Å². The van der Waals surface area contributed by atoms with E-state index < -0.39 is 10.0 Å². The summed E-state index contributed by atoms with van der Waals surface area (Å²) < 4.78 is 24.5. The highest BCUT2D eigenvalue weighted by atomic mass is 35.5. The second-order valence-corrected chi connectivity index (χ2v) is 9.57. The summed E-state index contributed by atoms with van der Waals surface area (Å²) in [5.74, 6) is 0.194. The lowest BCUT2D eigenvalue weighted by molar-refractivity contribution is 0.0953. The molecule has 0 unspecified atom stereocenters. The molecule has 5 nitrogen and oxygen atoms in total. The summed E-state index contributed by atoms with van der Waals surface area (Å²) in [6.07, 6.45) is 2.77. The van der Waals surface area contributed by atoms with Gasteiger partial charge < -0.3 is 5.32 Å². The molecule has 2 aromatic carbocycles. The first kappa shape index (κ1) is 22.2. The van der Waals surface area contributed by atoms with E-state index >= 15 is 0 Å². The molecule has 0 aromatic heterocycles. The van der Waals surface area contributed by atoms with Crippen LogP contribution < -0.4 is 9.62 Å². The minimum absolute atomic E-state index is 0.260. The molecule has 0 aliphatic rings. The Morgan fingerprint density at radius 2 is 1.79 bits per heavy atom. The van der Waals surface area contributed by atoms with Gasteiger partial charge in [-0.15, -0.1) is 0 Å². The average Bonchev–Trinajstić information content (AvgIpc) is 2.64. The second-order valence-electron chi connectivity index (χ2n) is 7.15. The molecule has 7 heteroatoms. The van der Waals surface area contributed by atoms with Gasteiger partial charge in [-0.3, -0.25) is 9.10 Å². The number of anilines is 1. The topological polar surface area (TPSA) is 66.5 Å². The van der Waals surface area contributed by atoms with Gasteiger partial charge >= 0.3 is 0 Å². The van der Waals surface area contributed by atoms with Crippen molar-refractivity contribution in [2.75, 3.05) is 24.2 Å². The molecule has 0 saturated carbocycles. The number of halogens is 1. The maximum atomic E-state index is 12.5. The quantitative estimate of drug-likeness (QED) is 0.647. The fourth-order valence-electron chi connectivity index (χ4n) is 2.73. The van der Waals surface area contributed by atoms with Crippen molar-refractivity contribution < 1.29 is 13.2 Å². The molecule has 152 valence electrons. The number of rotatable bonds is 8. The minimum Gasteiger partial charge on any atom is -0.352 e. The molecule has 0 radical (unpaired) electrons. The third-order valence-electron chi connectivity index (χ3n) is 4.63. The largest absolute Gasteiger partial charge is 0.352 e. The highest BCUT2D eigenvalue weighted by Gasteiger charge is 2.16. The summed E-state index contributed by atoms with van der Waals surface area (Å²) in [4.78, 5) is 12.5. The number of hydrogen-bond acceptors (Lipinski definition) is 3. The van der Waals surface area contributed by atoms with Gasteiger partial charge in [0.05, 0.1) is 22.5 Å². The molecule has 0 aliphatic carbocycles. The molecule has 0 spiro atoms. The lowest BCUT2D eigenvalue weighted by Gasteiger charge is -2.18. The van der Waals surface area contributed by atoms with Gasteiger partial charge in [-0.1, -0.05) is 49.7 Å². The maximum Gasteiger partial charge on any atom is 0.252 e. The van der Waals surface area contributed by atoms with Crippen LogP contribution in [0.4, 0.5) is 5.69 Å². The smallest absolute Gasteiger partial charge is 0.252 e. The van der Waals surface area contributed by atoms with Crippen LogP contribution in [0.15, 0.2) is 42.5 Å². The molecular weight excluding hydrogens is 396 g/mol. The summed E-state index contributed by atoms with van der Waals surface area (Å²) in [5, 5.41) is 3.14. The Labute approximate surface area is 172 Å². The van der Waals surface area contributed by atoms with E-state index in [0.29, 0.717) is 18.2 Å². The number of nitrogens with zero attached hydrogens (tertiary/aromatic N) is 1. The van der Waals surface area contributed by atoms with E-state index in [1.807, 2.05) is 0 Å². The van der Waals surface area contributed by atoms with Gasteiger partial charge in [0.1, 0.15) is 0 Å². The number of benzene rings is 2. The van der Waals surface area contributed by atoms with E-state index in [-0.39, 0.29) is 16.5 Å². The Morgan fingerprint density at radius 1 is 1.14 bits per heavy atom. The monoisotopic (exact) mass is 422 g/mol. The highest BCUT2D eigenvalue weighted by molar-refractivity contribution is 7.92. The number of aryl methyl sites for hydroxylation is 1. The summed E-state index contributed by atoms with van der Waals surface area (Å²) in [5.41, 5.74) is 3.19. The molecule has 0 atom stereocenters. The lowest BCUT2D eigenvalue weighted by atomic mass is 10.0. The number of carbonyl (C=O) groups excluding carboxylic acids is 1. The van der Waals surface area contributed by atoms with Crippen LogP contribution in [0.3, 0.4) is 0 Å². The molecule has 1 N–H and O–H groups in total. The van der Waals surface area contributed by atoms with E-state index in [2.05, 4.69) is 43.4 Å². The van der Waals surface area contributed by atoms with E-state index in [1.54, 1.807) is 6.07 Å². The van der Waals surface area contributed by atoms with Crippen molar-refractivity contribution in [1.29, 1.82) is 0 Å². The van der Waals surface area contributed by atoms with Crippen molar-refractivity contribution in [1.82, 2.24) is 5.32 Å². The molecule has 0 heterocycles. The summed E-state index contributed by atoms with van der Waals surface area (Å²) in [7, 11) is -1.98. The number of carbonyl (C=O) groups is 1. The first-order valence-corrected chi connectivity index (χ1v) is 11.4. The van der Waals surface area contributed by atoms with E-state index in [1.165, 1.54) is 30.3 Å². The predicted molar refractivity (Wildman–Crippen MR) is 116 cm³/mol. The van der Waals surface area contributed by atoms with Gasteiger partial charge in [0, 0.05) is 13.6 Å². The molecular formula is C21H27ClN2O3S. The fourth-order valence-corrected chi connectivity index (χ4v) is 3.43. The van der Waals surface area contributed by atoms with Crippen LogP contribution in [-0.2, 0) is 16.4 Å². The highest BCUT2D eigenvalue weighted by Crippen LogP contribution is 2.24. The average molecular weight is 423 g/mol. The van der Waals surface area contributed by atoms with Gasteiger partial charge in [-0.2, -0.15) is 0 Å². The Kier molecular flexibility index (Phi) is 7.49. The third kappa shape index (κ3) is 5.97. The van der Waals surface area contributed by atoms with Gasteiger partial charge in [0.2, 0.25) is 10.0 Å². The normalized spacial score (nSPS) is 11.5. The zero-order valence-corrected chi connectivity index (χ0v) is 18.3. The van der Waals surface area contributed by atoms with Crippen molar-refractivity contribution in [2.45, 2.75) is 32.6 Å². The van der Waals surface area contributed by atoms with Crippen molar-refractivity contribution in [3.05, 3.63) is 64.2 Å². The van der Waals surface area contributed by atoms with Crippen molar-refractivity contribution in [3.8, 4) is 0 Å². The van der Waals surface area contributed by atoms with E-state index in [0.717, 1.165) is 23.4 Å². The van der Waals surface area contributed by atoms with E-state index in [4.69, 9.17) is 11.6 Å². The van der Waals surface area contributed by atoms with Crippen molar-refractivity contribution >= 4 is 33.2 Å². The van der Waals surface area contributed by atoms with Gasteiger partial charge in [0.15, 0.2) is 0 Å².